The molecule has 0 aromatic rings. The van der Waals surface area contributed by atoms with Crippen molar-refractivity contribution in [2.75, 3.05) is 13.6 Å². The summed E-state index contributed by atoms with van der Waals surface area (Å²) >= 11 is 5.39. The van der Waals surface area contributed by atoms with Crippen LogP contribution in [-0.4, -0.2) is 30.5 Å². The van der Waals surface area contributed by atoms with Crippen LogP contribution in [0.4, 0.5) is 0 Å². The minimum atomic E-state index is 0.164. The lowest BCUT2D eigenvalue weighted by molar-refractivity contribution is 0.378. The maximum absolute atomic E-state index is 5.39. The minimum absolute atomic E-state index is 0.164. The number of hydrogen-bond acceptors (Lipinski definition) is 4. The summed E-state index contributed by atoms with van der Waals surface area (Å²) in [5.74, 6) is 0. The number of hydrazone groups is 1. The average molecular weight is 203 g/mol. The molecule has 0 aliphatic heterocycles. The van der Waals surface area contributed by atoms with Crippen LogP contribution in [0.1, 0.15) is 13.8 Å². The van der Waals surface area contributed by atoms with Gasteiger partial charge in [-0.15, -0.1) is 0 Å². The van der Waals surface area contributed by atoms with Crippen LogP contribution in [0.25, 0.3) is 0 Å². The molecule has 0 spiro atoms. The molecule has 74 valence electrons. The third-order valence-electron chi connectivity index (χ3n) is 1.29. The monoisotopic (exact) mass is 202 g/mol. The van der Waals surface area contributed by atoms with Crippen LogP contribution < -0.4 is 5.73 Å². The van der Waals surface area contributed by atoms with Gasteiger partial charge in [-0.05, 0) is 13.8 Å². The van der Waals surface area contributed by atoms with Gasteiger partial charge in [0.25, 0.3) is 0 Å². The summed E-state index contributed by atoms with van der Waals surface area (Å²) in [4.78, 5) is 3.95. The van der Waals surface area contributed by atoms with Crippen LogP contribution in [0.5, 0.6) is 0 Å². The molecule has 0 aliphatic carbocycles. The van der Waals surface area contributed by atoms with Crippen LogP contribution >= 0.6 is 11.6 Å². The van der Waals surface area contributed by atoms with Gasteiger partial charge < -0.3 is 10.7 Å². The highest BCUT2D eigenvalue weighted by Gasteiger charge is 1.86. The average Bonchev–Trinajstić information content (AvgIpc) is 2.10. The van der Waals surface area contributed by atoms with E-state index in [9.17, 15) is 0 Å². The topological polar surface area (TPSA) is 54.0 Å². The molecule has 13 heavy (non-hydrogen) atoms. The van der Waals surface area contributed by atoms with Gasteiger partial charge in [0.15, 0.2) is 0 Å². The van der Waals surface area contributed by atoms with E-state index in [1.807, 2.05) is 20.9 Å². The normalized spacial score (nSPS) is 13.8. The van der Waals surface area contributed by atoms with Crippen LogP contribution in [0.2, 0.25) is 0 Å². The molecule has 0 saturated carbocycles. The van der Waals surface area contributed by atoms with Crippen molar-refractivity contribution in [1.82, 2.24) is 5.01 Å². The highest BCUT2D eigenvalue weighted by atomic mass is 35.5. The second-order valence-electron chi connectivity index (χ2n) is 2.50. The Morgan fingerprint density at radius 1 is 1.62 bits per heavy atom. The molecule has 0 aromatic heterocycles. The lowest BCUT2D eigenvalue weighted by atomic mass is 10.5. The first-order valence-electron chi connectivity index (χ1n) is 3.97. The Hall–Kier alpha value is -1.03. The summed E-state index contributed by atoms with van der Waals surface area (Å²) < 4.78 is 0. The third-order valence-corrected chi connectivity index (χ3v) is 1.39. The summed E-state index contributed by atoms with van der Waals surface area (Å²) in [6.45, 7) is 4.70. The summed E-state index contributed by atoms with van der Waals surface area (Å²) in [5.41, 5.74) is 5.94. The van der Waals surface area contributed by atoms with Crippen molar-refractivity contribution >= 4 is 23.5 Å². The fourth-order valence-electron chi connectivity index (χ4n) is 0.461. The Morgan fingerprint density at radius 3 is 2.69 bits per heavy atom. The van der Waals surface area contributed by atoms with Crippen molar-refractivity contribution in [3.8, 4) is 0 Å². The molecule has 0 saturated heterocycles. The number of aliphatic imine (C=N–C) groups is 1. The minimum Gasteiger partial charge on any atom is -0.388 e. The van der Waals surface area contributed by atoms with Gasteiger partial charge in [0.2, 0.25) is 0 Å². The van der Waals surface area contributed by atoms with Crippen molar-refractivity contribution in [2.45, 2.75) is 13.8 Å². The van der Waals surface area contributed by atoms with Gasteiger partial charge in [0, 0.05) is 13.6 Å². The van der Waals surface area contributed by atoms with Crippen LogP contribution in [0.15, 0.2) is 21.4 Å². The van der Waals surface area contributed by atoms with Gasteiger partial charge in [-0.25, -0.2) is 0 Å². The lowest BCUT2D eigenvalue weighted by Crippen LogP contribution is -2.10. The van der Waals surface area contributed by atoms with Crippen molar-refractivity contribution in [2.24, 2.45) is 15.8 Å². The maximum Gasteiger partial charge on any atom is 0.118 e. The van der Waals surface area contributed by atoms with E-state index in [0.717, 1.165) is 12.3 Å². The summed E-state index contributed by atoms with van der Waals surface area (Å²) in [7, 11) is 1.88. The maximum atomic E-state index is 5.39. The van der Waals surface area contributed by atoms with E-state index >= 15 is 0 Å². The zero-order valence-electron chi connectivity index (χ0n) is 8.16. The second kappa shape index (κ2) is 6.48. The molecular weight excluding hydrogens is 188 g/mol. The molecule has 0 rings (SSSR count). The number of hydrogen-bond donors (Lipinski definition) is 1. The van der Waals surface area contributed by atoms with E-state index in [4.69, 9.17) is 17.3 Å². The Morgan fingerprint density at radius 2 is 2.23 bits per heavy atom. The van der Waals surface area contributed by atoms with Crippen molar-refractivity contribution in [1.29, 1.82) is 0 Å². The van der Waals surface area contributed by atoms with Gasteiger partial charge in [-0.1, -0.05) is 11.6 Å². The Bertz CT molecular complexity index is 228. The van der Waals surface area contributed by atoms with Crippen LogP contribution in [-0.2, 0) is 0 Å². The van der Waals surface area contributed by atoms with Crippen molar-refractivity contribution in [3.05, 3.63) is 11.4 Å². The predicted octanol–water partition coefficient (Wildman–Crippen LogP) is 1.38. The van der Waals surface area contributed by atoms with Crippen LogP contribution in [0.3, 0.4) is 0 Å². The van der Waals surface area contributed by atoms with E-state index in [1.165, 1.54) is 6.20 Å². The van der Waals surface area contributed by atoms with E-state index in [2.05, 4.69) is 10.1 Å². The first-order chi connectivity index (χ1) is 6.06. The number of nitrogens with zero attached hydrogens (tertiary/aromatic N) is 3. The standard InChI is InChI=1S/C8H15ClN4/c1-4-13(3)12-5-7(2)11-6-8(9)10/h5-6H,4,10H2,1-3H3/b8-6-,11-7+,12-5-. The first kappa shape index (κ1) is 12.0. The highest BCUT2D eigenvalue weighted by molar-refractivity contribution is 6.30. The summed E-state index contributed by atoms with van der Waals surface area (Å²) in [6.07, 6.45) is 3.04. The van der Waals surface area contributed by atoms with E-state index in [-0.39, 0.29) is 5.16 Å². The molecule has 0 radical (unpaired) electrons. The smallest absolute Gasteiger partial charge is 0.118 e. The molecule has 4 nitrogen and oxygen atoms in total. The lowest BCUT2D eigenvalue weighted by Gasteiger charge is -2.07. The van der Waals surface area contributed by atoms with Gasteiger partial charge in [-0.3, -0.25) is 4.99 Å². The fraction of sp³-hybridized carbons (Fsp3) is 0.500. The van der Waals surface area contributed by atoms with E-state index in [1.54, 1.807) is 11.2 Å². The fourth-order valence-corrected chi connectivity index (χ4v) is 0.509. The molecule has 0 unspecified atom stereocenters. The molecule has 5 heteroatoms. The van der Waals surface area contributed by atoms with Crippen molar-refractivity contribution in [3.63, 3.8) is 0 Å². The Balaban J connectivity index is 4.13. The molecule has 0 amide bonds. The highest BCUT2D eigenvalue weighted by Crippen LogP contribution is 1.90. The van der Waals surface area contributed by atoms with Crippen LogP contribution in [0, 0.1) is 0 Å². The number of halogens is 1. The van der Waals surface area contributed by atoms with Gasteiger partial charge in [0.1, 0.15) is 5.16 Å². The number of nitrogens with two attached hydrogens (primary N) is 1. The molecule has 0 bridgehead atoms. The van der Waals surface area contributed by atoms with Gasteiger partial charge in [0.05, 0.1) is 18.1 Å². The van der Waals surface area contributed by atoms with Gasteiger partial charge >= 0.3 is 0 Å². The zero-order chi connectivity index (χ0) is 10.3. The van der Waals surface area contributed by atoms with Crippen molar-refractivity contribution < 1.29 is 0 Å². The van der Waals surface area contributed by atoms with Gasteiger partial charge in [-0.2, -0.15) is 5.10 Å². The predicted molar refractivity (Wildman–Crippen MR) is 58.0 cm³/mol. The Labute approximate surface area is 83.8 Å². The largest absolute Gasteiger partial charge is 0.388 e. The van der Waals surface area contributed by atoms with E-state index < -0.39 is 0 Å². The molecular formula is C8H15ClN4. The first-order valence-corrected chi connectivity index (χ1v) is 4.34. The Kier molecular flexibility index (Phi) is 5.97. The third kappa shape index (κ3) is 7.33. The SMILES string of the molecule is CCN(C)\N=C/C(C)=N/C=C(\N)Cl. The molecule has 0 atom stereocenters. The quantitative estimate of drug-likeness (QED) is 0.426. The summed E-state index contributed by atoms with van der Waals surface area (Å²) in [6, 6.07) is 0. The zero-order valence-corrected chi connectivity index (χ0v) is 8.91. The second-order valence-corrected chi connectivity index (χ2v) is 2.94. The molecule has 2 N–H and O–H groups in total. The molecule has 0 heterocycles. The summed E-state index contributed by atoms with van der Waals surface area (Å²) in [5, 5.41) is 6.05. The van der Waals surface area contributed by atoms with E-state index in [0.29, 0.717) is 0 Å². The molecule has 0 aliphatic rings. The molecule has 0 aromatic carbocycles. The number of rotatable bonds is 4. The molecule has 0 fully saturated rings.